The molecule has 0 fully saturated rings. The monoisotopic (exact) mass is 613 g/mol. The Morgan fingerprint density at radius 3 is 2.53 bits per heavy atom. The molecule has 1 atom stereocenters. The van der Waals surface area contributed by atoms with Crippen LogP contribution in [0.15, 0.2) is 53.6 Å². The van der Waals surface area contributed by atoms with Crippen molar-refractivity contribution in [1.29, 1.82) is 0 Å². The minimum atomic E-state index is 0. The van der Waals surface area contributed by atoms with Crippen LogP contribution in [0.1, 0.15) is 21.2 Å². The summed E-state index contributed by atoms with van der Waals surface area (Å²) in [6.07, 6.45) is 10.2. The van der Waals surface area contributed by atoms with E-state index in [2.05, 4.69) is 48.6 Å². The van der Waals surface area contributed by atoms with Crippen molar-refractivity contribution in [2.75, 3.05) is 0 Å². The Labute approximate surface area is 151 Å². The molecule has 0 saturated heterocycles. The number of allylic oxidation sites excluding steroid dienone is 5. The smallest absolute Gasteiger partial charge is 1.00 e. The number of hydrogen-bond donors (Lipinski definition) is 0. The second kappa shape index (κ2) is 6.80. The van der Waals surface area contributed by atoms with E-state index in [1.165, 1.54) is 41.1 Å². The summed E-state index contributed by atoms with van der Waals surface area (Å²) >= 11 is 1.21. The molecular weight excluding hydrogens is 600 g/mol. The molecule has 0 bridgehead atoms. The summed E-state index contributed by atoms with van der Waals surface area (Å²) in [5, 5.41) is 0. The van der Waals surface area contributed by atoms with E-state index in [0.29, 0.717) is 3.67 Å². The average Bonchev–Trinajstić information content (AvgIpc) is 2.87. The van der Waals surface area contributed by atoms with Gasteiger partial charge in [-0.05, 0) is 0 Å². The first kappa shape index (κ1) is 15.8. The third-order valence-corrected chi connectivity index (χ3v) is 5.31. The molecule has 0 spiro atoms. The van der Waals surface area contributed by atoms with Crippen LogP contribution in [0.2, 0.25) is 0 Å². The molecule has 0 N–H and O–H groups in total. The SMILES string of the molecule is [Hf+2][CH]1C(C2=CC=CC2)=Cc2ccccc21.[I-].[I-]. The Morgan fingerprint density at radius 1 is 1.12 bits per heavy atom. The van der Waals surface area contributed by atoms with Gasteiger partial charge in [0.05, 0.1) is 0 Å². The topological polar surface area (TPSA) is 0 Å². The Hall–Kier alpha value is 0.770. The van der Waals surface area contributed by atoms with Crippen molar-refractivity contribution >= 4 is 6.08 Å². The zero-order valence-electron chi connectivity index (χ0n) is 9.16. The van der Waals surface area contributed by atoms with E-state index >= 15 is 0 Å². The standard InChI is InChI=1S/C14H11.Hf.2HI/c1-2-6-11(5-1)14-9-12-7-3-4-8-13(12)10-14;;;/h1-5,7-10H,6H2;;2*1H/q;+2;;/p-2. The predicted octanol–water partition coefficient (Wildman–Crippen LogP) is -2.43. The van der Waals surface area contributed by atoms with Gasteiger partial charge in [0, 0.05) is 0 Å². The van der Waals surface area contributed by atoms with Gasteiger partial charge in [-0.25, -0.2) is 0 Å². The van der Waals surface area contributed by atoms with Crippen molar-refractivity contribution < 1.29 is 72.3 Å². The fourth-order valence-corrected chi connectivity index (χ4v) is 4.17. The van der Waals surface area contributed by atoms with E-state index in [-0.39, 0.29) is 48.0 Å². The normalized spacial score (nSPS) is 20.0. The van der Waals surface area contributed by atoms with Crippen molar-refractivity contribution in [2.45, 2.75) is 10.1 Å². The van der Waals surface area contributed by atoms with Crippen molar-refractivity contribution in [3.63, 3.8) is 0 Å². The molecule has 3 heteroatoms. The van der Waals surface area contributed by atoms with Crippen molar-refractivity contribution in [3.05, 3.63) is 64.8 Å². The fraction of sp³-hybridized carbons (Fsp3) is 0.143. The Bertz CT molecular complexity index is 501. The van der Waals surface area contributed by atoms with Gasteiger partial charge in [-0.15, -0.1) is 0 Å². The molecule has 0 nitrogen and oxygen atoms in total. The van der Waals surface area contributed by atoms with E-state index < -0.39 is 0 Å². The number of rotatable bonds is 1. The van der Waals surface area contributed by atoms with Crippen LogP contribution in [-0.2, 0) is 24.4 Å². The Balaban J connectivity index is 0.000000722. The Morgan fingerprint density at radius 2 is 1.88 bits per heavy atom. The molecule has 0 saturated carbocycles. The maximum atomic E-state index is 2.38. The van der Waals surface area contributed by atoms with Crippen LogP contribution >= 0.6 is 0 Å². The van der Waals surface area contributed by atoms with Crippen LogP contribution in [0.3, 0.4) is 0 Å². The average molecular weight is 612 g/mol. The third-order valence-electron chi connectivity index (χ3n) is 3.07. The molecule has 1 unspecified atom stereocenters. The van der Waals surface area contributed by atoms with Crippen LogP contribution in [0, 0.1) is 0 Å². The number of halogens is 2. The number of benzene rings is 1. The zero-order chi connectivity index (χ0) is 10.3. The van der Waals surface area contributed by atoms with Crippen molar-refractivity contribution in [3.8, 4) is 0 Å². The maximum absolute atomic E-state index is 2.38. The van der Waals surface area contributed by atoms with Gasteiger partial charge < -0.3 is 48.0 Å². The summed E-state index contributed by atoms with van der Waals surface area (Å²) in [5.74, 6) is 0. The van der Waals surface area contributed by atoms with Gasteiger partial charge in [0.25, 0.3) is 0 Å². The first-order valence-electron chi connectivity index (χ1n) is 5.24. The molecular formula is C14H11HfI2. The van der Waals surface area contributed by atoms with Gasteiger partial charge in [0.15, 0.2) is 0 Å². The summed E-state index contributed by atoms with van der Waals surface area (Å²) in [6, 6.07) is 8.80. The quantitative estimate of drug-likeness (QED) is 0.245. The summed E-state index contributed by atoms with van der Waals surface area (Å²) in [6.45, 7) is 0. The van der Waals surface area contributed by atoms with E-state index in [1.54, 1.807) is 5.57 Å². The van der Waals surface area contributed by atoms with Gasteiger partial charge in [0.2, 0.25) is 0 Å². The molecule has 85 valence electrons. The molecule has 2 aliphatic rings. The molecule has 3 rings (SSSR count). The molecule has 1 aromatic rings. The van der Waals surface area contributed by atoms with Crippen LogP contribution < -0.4 is 48.0 Å². The first-order valence-corrected chi connectivity index (χ1v) is 7.31. The van der Waals surface area contributed by atoms with Gasteiger partial charge >= 0.3 is 105 Å². The van der Waals surface area contributed by atoms with E-state index in [9.17, 15) is 0 Å². The van der Waals surface area contributed by atoms with Crippen LogP contribution in [0.5, 0.6) is 0 Å². The largest absolute Gasteiger partial charge is 1.00 e. The van der Waals surface area contributed by atoms with Crippen LogP contribution in [0.4, 0.5) is 0 Å². The van der Waals surface area contributed by atoms with Crippen molar-refractivity contribution in [1.82, 2.24) is 0 Å². The zero-order valence-corrected chi connectivity index (χ0v) is 17.1. The van der Waals surface area contributed by atoms with Crippen molar-refractivity contribution in [2.24, 2.45) is 0 Å². The second-order valence-corrected chi connectivity index (χ2v) is 6.06. The summed E-state index contributed by atoms with van der Waals surface area (Å²) in [4.78, 5) is 0. The first-order chi connectivity index (χ1) is 7.36. The minimum Gasteiger partial charge on any atom is -1.00 e. The summed E-state index contributed by atoms with van der Waals surface area (Å²) in [7, 11) is 0. The molecule has 0 amide bonds. The maximum Gasteiger partial charge on any atom is -1.00 e. The molecule has 0 radical (unpaired) electrons. The van der Waals surface area contributed by atoms with E-state index in [4.69, 9.17) is 0 Å². The Kier molecular flexibility index (Phi) is 6.33. The molecule has 2 aliphatic carbocycles. The molecule has 0 aromatic heterocycles. The number of hydrogen-bond acceptors (Lipinski definition) is 0. The third kappa shape index (κ3) is 3.03. The fourth-order valence-electron chi connectivity index (χ4n) is 2.26. The van der Waals surface area contributed by atoms with Gasteiger partial charge in [-0.1, -0.05) is 0 Å². The molecule has 0 aliphatic heterocycles. The van der Waals surface area contributed by atoms with Crippen LogP contribution in [0.25, 0.3) is 6.08 Å². The van der Waals surface area contributed by atoms with E-state index in [0.717, 1.165) is 6.42 Å². The van der Waals surface area contributed by atoms with Crippen LogP contribution in [-0.4, -0.2) is 0 Å². The van der Waals surface area contributed by atoms with E-state index in [1.807, 2.05) is 0 Å². The predicted molar refractivity (Wildman–Crippen MR) is 59.0 cm³/mol. The number of fused-ring (bicyclic) bond motifs is 1. The van der Waals surface area contributed by atoms with Gasteiger partial charge in [-0.3, -0.25) is 0 Å². The summed E-state index contributed by atoms with van der Waals surface area (Å²) < 4.78 is 0.701. The van der Waals surface area contributed by atoms with Gasteiger partial charge in [-0.2, -0.15) is 0 Å². The summed E-state index contributed by atoms with van der Waals surface area (Å²) in [5.41, 5.74) is 6.05. The van der Waals surface area contributed by atoms with Gasteiger partial charge in [0.1, 0.15) is 0 Å². The second-order valence-electron chi connectivity index (χ2n) is 3.99. The molecule has 0 heterocycles. The molecule has 1 aromatic carbocycles. The minimum absolute atomic E-state index is 0. The molecule has 17 heavy (non-hydrogen) atoms.